The molecule has 0 spiro atoms. The van der Waals surface area contributed by atoms with Crippen molar-refractivity contribution in [2.75, 3.05) is 20.7 Å². The molecular formula is C19H21NO4. The molecule has 1 amide bonds. The molecule has 0 unspecified atom stereocenters. The van der Waals surface area contributed by atoms with Crippen LogP contribution in [0.5, 0.6) is 5.75 Å². The molecule has 1 N–H and O–H groups in total. The molecule has 0 bridgehead atoms. The first-order chi connectivity index (χ1) is 11.5. The van der Waals surface area contributed by atoms with E-state index in [1.165, 1.54) is 17.7 Å². The minimum atomic E-state index is -1.04. The fourth-order valence-electron chi connectivity index (χ4n) is 2.42. The van der Waals surface area contributed by atoms with Gasteiger partial charge in [-0.25, -0.2) is 4.79 Å². The molecule has 0 aliphatic heterocycles. The number of benzene rings is 2. The van der Waals surface area contributed by atoms with E-state index in [0.717, 1.165) is 18.6 Å². The molecular weight excluding hydrogens is 306 g/mol. The van der Waals surface area contributed by atoms with Crippen LogP contribution in [0.25, 0.3) is 0 Å². The van der Waals surface area contributed by atoms with Gasteiger partial charge in [0.1, 0.15) is 5.75 Å². The Morgan fingerprint density at radius 3 is 2.38 bits per heavy atom. The number of rotatable bonds is 7. The van der Waals surface area contributed by atoms with Crippen LogP contribution in [0.2, 0.25) is 0 Å². The van der Waals surface area contributed by atoms with Crippen LogP contribution < -0.4 is 4.74 Å². The number of aromatic carboxylic acids is 1. The van der Waals surface area contributed by atoms with Gasteiger partial charge >= 0.3 is 5.97 Å². The number of methoxy groups -OCH3 is 1. The van der Waals surface area contributed by atoms with Gasteiger partial charge in [0.15, 0.2) is 0 Å². The zero-order valence-electron chi connectivity index (χ0n) is 13.9. The molecule has 2 aromatic carbocycles. The average Bonchev–Trinajstić information content (AvgIpc) is 2.61. The molecule has 0 aromatic heterocycles. The van der Waals surface area contributed by atoms with Crippen LogP contribution in [0.15, 0.2) is 48.5 Å². The number of amides is 1. The van der Waals surface area contributed by atoms with Crippen LogP contribution in [0.3, 0.4) is 0 Å². The highest BCUT2D eigenvalue weighted by Crippen LogP contribution is 2.13. The molecule has 0 aliphatic rings. The number of hydrogen-bond acceptors (Lipinski definition) is 3. The van der Waals surface area contributed by atoms with Crippen molar-refractivity contribution in [1.82, 2.24) is 4.90 Å². The van der Waals surface area contributed by atoms with Crippen molar-refractivity contribution in [3.8, 4) is 5.75 Å². The van der Waals surface area contributed by atoms with E-state index in [2.05, 4.69) is 0 Å². The number of ether oxygens (including phenoxy) is 1. The number of hydrogen-bond donors (Lipinski definition) is 1. The molecule has 0 aliphatic carbocycles. The van der Waals surface area contributed by atoms with Crippen molar-refractivity contribution in [3.63, 3.8) is 0 Å². The Labute approximate surface area is 141 Å². The fraction of sp³-hybridized carbons (Fsp3) is 0.263. The number of carboxylic acid groups (broad SMARTS) is 1. The van der Waals surface area contributed by atoms with Gasteiger partial charge in [0.2, 0.25) is 0 Å². The summed E-state index contributed by atoms with van der Waals surface area (Å²) in [5, 5.41) is 9.00. The summed E-state index contributed by atoms with van der Waals surface area (Å²) < 4.78 is 5.12. The van der Waals surface area contributed by atoms with Crippen molar-refractivity contribution < 1.29 is 19.4 Å². The Balaban J connectivity index is 1.89. The smallest absolute Gasteiger partial charge is 0.335 e. The third-order valence-corrected chi connectivity index (χ3v) is 3.82. The van der Waals surface area contributed by atoms with Crippen LogP contribution in [0.1, 0.15) is 32.7 Å². The molecule has 0 fully saturated rings. The second-order valence-corrected chi connectivity index (χ2v) is 5.56. The summed E-state index contributed by atoms with van der Waals surface area (Å²) in [5.41, 5.74) is 1.69. The minimum Gasteiger partial charge on any atom is -0.497 e. The Kier molecular flexibility index (Phi) is 5.95. The Morgan fingerprint density at radius 2 is 1.75 bits per heavy atom. The van der Waals surface area contributed by atoms with E-state index in [9.17, 15) is 9.59 Å². The molecule has 0 atom stereocenters. The standard InChI is InChI=1S/C19H21NO4/c1-20(12-4-5-14-8-10-17(24-2)11-9-14)18(21)15-6-3-7-16(13-15)19(22)23/h3,6-11,13H,4-5,12H2,1-2H3,(H,22,23). The lowest BCUT2D eigenvalue weighted by atomic mass is 10.1. The number of carboxylic acids is 1. The first-order valence-corrected chi connectivity index (χ1v) is 7.73. The van der Waals surface area contributed by atoms with Crippen LogP contribution >= 0.6 is 0 Å². The van der Waals surface area contributed by atoms with Gasteiger partial charge in [0, 0.05) is 19.2 Å². The van der Waals surface area contributed by atoms with Gasteiger partial charge in [-0.1, -0.05) is 18.2 Å². The molecule has 5 heteroatoms. The molecule has 24 heavy (non-hydrogen) atoms. The third kappa shape index (κ3) is 4.59. The van der Waals surface area contributed by atoms with Gasteiger partial charge in [-0.05, 0) is 48.7 Å². The summed E-state index contributed by atoms with van der Waals surface area (Å²) >= 11 is 0. The zero-order chi connectivity index (χ0) is 17.5. The molecule has 0 saturated heterocycles. The summed E-state index contributed by atoms with van der Waals surface area (Å²) in [4.78, 5) is 25.0. The van der Waals surface area contributed by atoms with Crippen molar-refractivity contribution in [1.29, 1.82) is 0 Å². The zero-order valence-corrected chi connectivity index (χ0v) is 13.9. The third-order valence-electron chi connectivity index (χ3n) is 3.82. The number of aryl methyl sites for hydroxylation is 1. The lowest BCUT2D eigenvalue weighted by Crippen LogP contribution is -2.28. The maximum Gasteiger partial charge on any atom is 0.335 e. The van der Waals surface area contributed by atoms with E-state index in [-0.39, 0.29) is 11.5 Å². The summed E-state index contributed by atoms with van der Waals surface area (Å²) in [5.74, 6) is -0.385. The van der Waals surface area contributed by atoms with Gasteiger partial charge in [-0.3, -0.25) is 4.79 Å². The molecule has 126 valence electrons. The van der Waals surface area contributed by atoms with Crippen LogP contribution in [0.4, 0.5) is 0 Å². The van der Waals surface area contributed by atoms with Crippen molar-refractivity contribution in [2.24, 2.45) is 0 Å². The molecule has 2 rings (SSSR count). The average molecular weight is 327 g/mol. The molecule has 0 heterocycles. The summed E-state index contributed by atoms with van der Waals surface area (Å²) in [7, 11) is 3.36. The van der Waals surface area contributed by atoms with E-state index in [1.54, 1.807) is 31.2 Å². The topological polar surface area (TPSA) is 66.8 Å². The van der Waals surface area contributed by atoms with E-state index in [1.807, 2.05) is 24.3 Å². The summed E-state index contributed by atoms with van der Waals surface area (Å²) in [6.07, 6.45) is 1.68. The summed E-state index contributed by atoms with van der Waals surface area (Å²) in [6, 6.07) is 14.0. The maximum atomic E-state index is 12.4. The monoisotopic (exact) mass is 327 g/mol. The fourth-order valence-corrected chi connectivity index (χ4v) is 2.42. The minimum absolute atomic E-state index is 0.118. The van der Waals surface area contributed by atoms with Crippen LogP contribution in [-0.4, -0.2) is 42.6 Å². The van der Waals surface area contributed by atoms with Gasteiger partial charge in [-0.2, -0.15) is 0 Å². The van der Waals surface area contributed by atoms with Crippen molar-refractivity contribution in [2.45, 2.75) is 12.8 Å². The lowest BCUT2D eigenvalue weighted by Gasteiger charge is -2.17. The predicted molar refractivity (Wildman–Crippen MR) is 91.7 cm³/mol. The van der Waals surface area contributed by atoms with Gasteiger partial charge in [0.25, 0.3) is 5.91 Å². The number of carbonyl (C=O) groups excluding carboxylic acids is 1. The number of nitrogens with zero attached hydrogens (tertiary/aromatic N) is 1. The van der Waals surface area contributed by atoms with Crippen LogP contribution in [0, 0.1) is 0 Å². The highest BCUT2D eigenvalue weighted by molar-refractivity contribution is 5.97. The van der Waals surface area contributed by atoms with Gasteiger partial charge < -0.3 is 14.7 Å². The highest BCUT2D eigenvalue weighted by atomic mass is 16.5. The molecule has 5 nitrogen and oxygen atoms in total. The maximum absolute atomic E-state index is 12.4. The first-order valence-electron chi connectivity index (χ1n) is 7.73. The molecule has 0 saturated carbocycles. The van der Waals surface area contributed by atoms with E-state index >= 15 is 0 Å². The normalized spacial score (nSPS) is 10.2. The van der Waals surface area contributed by atoms with Crippen molar-refractivity contribution in [3.05, 3.63) is 65.2 Å². The van der Waals surface area contributed by atoms with Crippen molar-refractivity contribution >= 4 is 11.9 Å². The SMILES string of the molecule is COc1ccc(CCCN(C)C(=O)c2cccc(C(=O)O)c2)cc1. The quantitative estimate of drug-likeness (QED) is 0.848. The second kappa shape index (κ2) is 8.15. The highest BCUT2D eigenvalue weighted by Gasteiger charge is 2.13. The van der Waals surface area contributed by atoms with Crippen LogP contribution in [-0.2, 0) is 6.42 Å². The van der Waals surface area contributed by atoms with E-state index in [0.29, 0.717) is 12.1 Å². The van der Waals surface area contributed by atoms with Gasteiger partial charge in [0.05, 0.1) is 12.7 Å². The second-order valence-electron chi connectivity index (χ2n) is 5.56. The predicted octanol–water partition coefficient (Wildman–Crippen LogP) is 3.10. The largest absolute Gasteiger partial charge is 0.497 e. The van der Waals surface area contributed by atoms with E-state index in [4.69, 9.17) is 9.84 Å². The molecule has 2 aromatic rings. The Morgan fingerprint density at radius 1 is 1.08 bits per heavy atom. The molecule has 0 radical (unpaired) electrons. The lowest BCUT2D eigenvalue weighted by molar-refractivity contribution is 0.0697. The Bertz CT molecular complexity index is 710. The van der Waals surface area contributed by atoms with Gasteiger partial charge in [-0.15, -0.1) is 0 Å². The summed E-state index contributed by atoms with van der Waals surface area (Å²) in [6.45, 7) is 0.599. The Hall–Kier alpha value is -2.82. The number of carbonyl (C=O) groups is 2. The first kappa shape index (κ1) is 17.5. The van der Waals surface area contributed by atoms with E-state index < -0.39 is 5.97 Å².